The molecule has 0 aliphatic carbocycles. The van der Waals surface area contributed by atoms with E-state index in [-0.39, 0.29) is 11.7 Å². The molecule has 5 aromatic rings. The number of likely N-dealkylation sites (tertiary alicyclic amines) is 1. The molecule has 0 amide bonds. The lowest BCUT2D eigenvalue weighted by molar-refractivity contribution is -0.0592. The molecular weight excluding hydrogens is 560 g/mol. The van der Waals surface area contributed by atoms with Crippen molar-refractivity contribution in [1.82, 2.24) is 29.0 Å². The third-order valence-corrected chi connectivity index (χ3v) is 8.86. The number of benzene rings is 1. The number of aromatic nitrogens is 5. The van der Waals surface area contributed by atoms with Crippen LogP contribution < -0.4 is 9.47 Å². The Kier molecular flexibility index (Phi) is 7.65. The van der Waals surface area contributed by atoms with Gasteiger partial charge in [-0.05, 0) is 75.2 Å². The van der Waals surface area contributed by atoms with Gasteiger partial charge in [-0.3, -0.25) is 4.90 Å². The molecule has 6 heterocycles. The van der Waals surface area contributed by atoms with Crippen molar-refractivity contribution in [1.29, 1.82) is 0 Å². The molecule has 2 saturated heterocycles. The highest BCUT2D eigenvalue weighted by Crippen LogP contribution is 2.31. The second-order valence-electron chi connectivity index (χ2n) is 11.7. The Morgan fingerprint density at radius 3 is 2.66 bits per heavy atom. The molecule has 11 heteroatoms. The predicted octanol–water partition coefficient (Wildman–Crippen LogP) is 4.84. The number of aryl methyl sites for hydroxylation is 1. The molecule has 4 aromatic heterocycles. The number of carboxylic acid groups (broad SMARTS) is 1. The maximum atomic E-state index is 11.8. The van der Waals surface area contributed by atoms with Gasteiger partial charge in [0.1, 0.15) is 12.4 Å². The van der Waals surface area contributed by atoms with E-state index in [0.717, 1.165) is 78.2 Å². The minimum Gasteiger partial charge on any atom is -0.481 e. The molecule has 1 unspecified atom stereocenters. The van der Waals surface area contributed by atoms with Gasteiger partial charge in [-0.1, -0.05) is 6.07 Å². The van der Waals surface area contributed by atoms with E-state index in [1.807, 2.05) is 37.3 Å². The molecule has 44 heavy (non-hydrogen) atoms. The normalized spacial score (nSPS) is 17.6. The number of carbonyl (C=O) groups is 1. The number of pyridine rings is 2. The number of fused-ring (bicyclic) bond motifs is 2. The zero-order valence-corrected chi connectivity index (χ0v) is 25.0. The number of hydrogen-bond donors (Lipinski definition) is 1. The Balaban J connectivity index is 1.02. The van der Waals surface area contributed by atoms with E-state index in [0.29, 0.717) is 37.4 Å². The first kappa shape index (κ1) is 28.3. The van der Waals surface area contributed by atoms with E-state index in [9.17, 15) is 9.90 Å². The number of rotatable bonds is 10. The second kappa shape index (κ2) is 11.9. The lowest BCUT2D eigenvalue weighted by Gasteiger charge is -2.32. The fraction of sp³-hybridized carbons (Fsp3) is 0.394. The minimum atomic E-state index is -0.925. The molecule has 11 nitrogen and oxygen atoms in total. The number of carboxylic acids is 1. The molecule has 0 radical (unpaired) electrons. The Morgan fingerprint density at radius 1 is 1.07 bits per heavy atom. The highest BCUT2D eigenvalue weighted by Gasteiger charge is 2.27. The first-order chi connectivity index (χ1) is 21.5. The fourth-order valence-electron chi connectivity index (χ4n) is 6.32. The third-order valence-electron chi connectivity index (χ3n) is 8.86. The average Bonchev–Trinajstić information content (AvgIpc) is 3.64. The van der Waals surface area contributed by atoms with Crippen LogP contribution in [0.4, 0.5) is 0 Å². The maximum absolute atomic E-state index is 11.8. The monoisotopic (exact) mass is 596 g/mol. The van der Waals surface area contributed by atoms with Crippen LogP contribution in [0.1, 0.15) is 58.2 Å². The van der Waals surface area contributed by atoms with Crippen LogP contribution in [0.25, 0.3) is 16.6 Å². The standard InChI is InChI=1S/C33H36N6O5/c1-21-16-24(33(40)41)17-28-32(21)36-29(38(28)18-25-11-15-43-25)19-37-13-9-22(10-14-37)26-4-3-5-30(35-26)44-20-23-6-7-31(42-2)39-27(23)8-12-34-39/h3-8,12,16-17,22,25H,9-11,13-15,18-20H2,1-2H3,(H,40,41). The molecule has 2 aliphatic rings. The summed E-state index contributed by atoms with van der Waals surface area (Å²) in [5.74, 6) is 1.67. The Hall–Kier alpha value is -4.48. The molecule has 0 saturated carbocycles. The van der Waals surface area contributed by atoms with Crippen LogP contribution in [0.3, 0.4) is 0 Å². The molecular formula is C33H36N6O5. The first-order valence-electron chi connectivity index (χ1n) is 15.1. The van der Waals surface area contributed by atoms with Gasteiger partial charge in [0.15, 0.2) is 0 Å². The topological polar surface area (TPSA) is 116 Å². The molecule has 1 N–H and O–H groups in total. The van der Waals surface area contributed by atoms with Crippen molar-refractivity contribution in [2.24, 2.45) is 0 Å². The molecule has 0 bridgehead atoms. The smallest absolute Gasteiger partial charge is 0.335 e. The van der Waals surface area contributed by atoms with Crippen LogP contribution in [0, 0.1) is 6.92 Å². The Morgan fingerprint density at radius 2 is 1.91 bits per heavy atom. The fourth-order valence-corrected chi connectivity index (χ4v) is 6.32. The number of hydrogen-bond acceptors (Lipinski definition) is 8. The van der Waals surface area contributed by atoms with Crippen molar-refractivity contribution in [2.45, 2.75) is 57.9 Å². The zero-order chi connectivity index (χ0) is 30.2. The van der Waals surface area contributed by atoms with Crippen LogP contribution in [0.2, 0.25) is 0 Å². The maximum Gasteiger partial charge on any atom is 0.335 e. The van der Waals surface area contributed by atoms with Crippen molar-refractivity contribution < 1.29 is 24.1 Å². The van der Waals surface area contributed by atoms with E-state index < -0.39 is 5.97 Å². The van der Waals surface area contributed by atoms with Gasteiger partial charge < -0.3 is 23.9 Å². The van der Waals surface area contributed by atoms with Gasteiger partial charge in [0.05, 0.1) is 54.6 Å². The number of nitrogens with zero attached hydrogens (tertiary/aromatic N) is 6. The molecule has 2 aliphatic heterocycles. The summed E-state index contributed by atoms with van der Waals surface area (Å²) in [6.45, 7) is 6.32. The number of aromatic carboxylic acids is 1. The van der Waals surface area contributed by atoms with Gasteiger partial charge in [0.2, 0.25) is 11.8 Å². The highest BCUT2D eigenvalue weighted by atomic mass is 16.5. The van der Waals surface area contributed by atoms with Crippen molar-refractivity contribution in [3.63, 3.8) is 0 Å². The van der Waals surface area contributed by atoms with Crippen molar-refractivity contribution in [3.05, 3.63) is 82.9 Å². The summed E-state index contributed by atoms with van der Waals surface area (Å²) in [4.78, 5) is 24.1. The largest absolute Gasteiger partial charge is 0.481 e. The van der Waals surface area contributed by atoms with E-state index in [1.165, 1.54) is 0 Å². The van der Waals surface area contributed by atoms with Gasteiger partial charge in [-0.2, -0.15) is 5.10 Å². The summed E-state index contributed by atoms with van der Waals surface area (Å²) in [5, 5.41) is 14.0. The van der Waals surface area contributed by atoms with Gasteiger partial charge in [-0.25, -0.2) is 19.3 Å². The Labute approximate surface area is 255 Å². The summed E-state index contributed by atoms with van der Waals surface area (Å²) < 4.78 is 21.2. The summed E-state index contributed by atoms with van der Waals surface area (Å²) in [7, 11) is 1.63. The SMILES string of the molecule is COc1ccc(COc2cccc(C3CCN(Cc4nc5c(C)cc(C(=O)O)cc5n4CC4CCO4)CC3)n2)c2ccnn12. The number of ether oxygens (including phenoxy) is 3. The van der Waals surface area contributed by atoms with Crippen molar-refractivity contribution in [2.75, 3.05) is 26.8 Å². The number of imidazole rings is 1. The lowest BCUT2D eigenvalue weighted by Crippen LogP contribution is -2.35. The van der Waals surface area contributed by atoms with Crippen molar-refractivity contribution >= 4 is 22.5 Å². The van der Waals surface area contributed by atoms with Gasteiger partial charge in [-0.15, -0.1) is 0 Å². The second-order valence-corrected chi connectivity index (χ2v) is 11.7. The molecule has 2 fully saturated rings. The van der Waals surface area contributed by atoms with Crippen LogP contribution in [0.5, 0.6) is 11.8 Å². The molecule has 7 rings (SSSR count). The van der Waals surface area contributed by atoms with Gasteiger partial charge in [0.25, 0.3) is 0 Å². The average molecular weight is 597 g/mol. The van der Waals surface area contributed by atoms with Crippen LogP contribution in [0.15, 0.2) is 54.7 Å². The van der Waals surface area contributed by atoms with Gasteiger partial charge in [0, 0.05) is 35.9 Å². The van der Waals surface area contributed by atoms with E-state index in [2.05, 4.69) is 20.6 Å². The molecule has 228 valence electrons. The predicted molar refractivity (Wildman–Crippen MR) is 163 cm³/mol. The summed E-state index contributed by atoms with van der Waals surface area (Å²) in [6, 6.07) is 15.3. The highest BCUT2D eigenvalue weighted by molar-refractivity contribution is 5.94. The van der Waals surface area contributed by atoms with E-state index >= 15 is 0 Å². The third kappa shape index (κ3) is 5.48. The zero-order valence-electron chi connectivity index (χ0n) is 25.0. The van der Waals surface area contributed by atoms with Crippen LogP contribution in [-0.4, -0.2) is 73.0 Å². The number of methoxy groups -OCH3 is 1. The van der Waals surface area contributed by atoms with E-state index in [1.54, 1.807) is 30.0 Å². The molecule has 1 aromatic carbocycles. The summed E-state index contributed by atoms with van der Waals surface area (Å²) in [5.41, 5.74) is 5.90. The van der Waals surface area contributed by atoms with E-state index in [4.69, 9.17) is 24.2 Å². The number of piperidine rings is 1. The van der Waals surface area contributed by atoms with Crippen LogP contribution in [-0.2, 0) is 24.4 Å². The van der Waals surface area contributed by atoms with Crippen molar-refractivity contribution in [3.8, 4) is 11.8 Å². The molecule has 1 atom stereocenters. The molecule has 0 spiro atoms. The first-order valence-corrected chi connectivity index (χ1v) is 15.1. The quantitative estimate of drug-likeness (QED) is 0.242. The minimum absolute atomic E-state index is 0.141. The lowest BCUT2D eigenvalue weighted by atomic mass is 9.93. The summed E-state index contributed by atoms with van der Waals surface area (Å²) in [6.07, 6.45) is 4.87. The van der Waals surface area contributed by atoms with Crippen LogP contribution >= 0.6 is 0 Å². The Bertz CT molecular complexity index is 1820. The van der Waals surface area contributed by atoms with Gasteiger partial charge >= 0.3 is 5.97 Å². The summed E-state index contributed by atoms with van der Waals surface area (Å²) >= 11 is 0.